The molecule has 10 rings (SSSR count). The summed E-state index contributed by atoms with van der Waals surface area (Å²) in [6.45, 7) is 4.79. The SMILES string of the molecule is CN(c1ccc2c(c1)oc1ccccc12)c1c2cccc3c2c2c4c(ccc5cccc(c6cccc1c62)c54)C3(C)C. The molecule has 1 heterocycles. The molecule has 0 atom stereocenters. The summed E-state index contributed by atoms with van der Waals surface area (Å²) in [7, 11) is 2.21. The third-order valence-electron chi connectivity index (χ3n) is 10.2. The average Bonchev–Trinajstić information content (AvgIpc) is 3.39. The van der Waals surface area contributed by atoms with E-state index in [9.17, 15) is 0 Å². The second kappa shape index (κ2) is 7.40. The Hall–Kier alpha value is -5.08. The molecule has 1 aliphatic rings. The van der Waals surface area contributed by atoms with E-state index in [4.69, 9.17) is 4.42 Å². The first-order chi connectivity index (χ1) is 20.5. The van der Waals surface area contributed by atoms with Crippen molar-refractivity contribution in [3.8, 4) is 0 Å². The highest BCUT2D eigenvalue weighted by Crippen LogP contribution is 2.56. The molecule has 198 valence electrons. The number of furan rings is 1. The number of rotatable bonds is 2. The molecule has 0 aliphatic heterocycles. The number of nitrogens with zero attached hydrogens (tertiary/aromatic N) is 1. The highest BCUT2D eigenvalue weighted by molar-refractivity contribution is 6.42. The van der Waals surface area contributed by atoms with Crippen LogP contribution < -0.4 is 4.90 Å². The van der Waals surface area contributed by atoms with Crippen molar-refractivity contribution in [3.05, 3.63) is 120 Å². The van der Waals surface area contributed by atoms with Gasteiger partial charge in [0.1, 0.15) is 11.2 Å². The van der Waals surface area contributed by atoms with E-state index in [1.54, 1.807) is 0 Å². The van der Waals surface area contributed by atoms with Crippen molar-refractivity contribution in [2.24, 2.45) is 0 Å². The third-order valence-corrected chi connectivity index (χ3v) is 10.2. The fourth-order valence-electron chi connectivity index (χ4n) is 8.25. The van der Waals surface area contributed by atoms with Crippen LogP contribution in [0.1, 0.15) is 25.0 Å². The van der Waals surface area contributed by atoms with Crippen molar-refractivity contribution >= 4 is 87.2 Å². The van der Waals surface area contributed by atoms with Crippen LogP contribution >= 0.6 is 0 Å². The number of hydrogen-bond acceptors (Lipinski definition) is 2. The lowest BCUT2D eigenvalue weighted by molar-refractivity contribution is 0.652. The lowest BCUT2D eigenvalue weighted by atomic mass is 9.68. The summed E-state index contributed by atoms with van der Waals surface area (Å²) in [5.41, 5.74) is 6.91. The van der Waals surface area contributed by atoms with E-state index in [2.05, 4.69) is 123 Å². The van der Waals surface area contributed by atoms with Gasteiger partial charge in [-0.15, -0.1) is 0 Å². The Morgan fingerprint density at radius 3 is 2.05 bits per heavy atom. The number of fused-ring (bicyclic) bond motifs is 4. The van der Waals surface area contributed by atoms with Crippen molar-refractivity contribution in [1.82, 2.24) is 0 Å². The van der Waals surface area contributed by atoms with Gasteiger partial charge in [0.2, 0.25) is 0 Å². The molecule has 0 amide bonds. The fraction of sp³-hybridized carbons (Fsp3) is 0.100. The van der Waals surface area contributed by atoms with E-state index in [1.165, 1.54) is 70.7 Å². The molecule has 2 nitrogen and oxygen atoms in total. The van der Waals surface area contributed by atoms with Gasteiger partial charge in [0.05, 0.1) is 5.69 Å². The van der Waals surface area contributed by atoms with Crippen molar-refractivity contribution in [2.75, 3.05) is 11.9 Å². The second-order valence-corrected chi connectivity index (χ2v) is 12.5. The highest BCUT2D eigenvalue weighted by atomic mass is 16.3. The Morgan fingerprint density at radius 2 is 1.17 bits per heavy atom. The van der Waals surface area contributed by atoms with E-state index in [0.717, 1.165) is 27.6 Å². The van der Waals surface area contributed by atoms with Crippen LogP contribution in [0.15, 0.2) is 114 Å². The smallest absolute Gasteiger partial charge is 0.137 e. The van der Waals surface area contributed by atoms with Crippen molar-refractivity contribution in [3.63, 3.8) is 0 Å². The topological polar surface area (TPSA) is 16.4 Å². The molecule has 0 saturated heterocycles. The minimum absolute atomic E-state index is 0.119. The van der Waals surface area contributed by atoms with Crippen LogP contribution in [0.25, 0.3) is 75.8 Å². The lowest BCUT2D eigenvalue weighted by Crippen LogP contribution is -2.23. The molecule has 2 heteroatoms. The predicted octanol–water partition coefficient (Wildman–Crippen LogP) is 11.2. The Labute approximate surface area is 242 Å². The van der Waals surface area contributed by atoms with Crippen molar-refractivity contribution in [1.29, 1.82) is 0 Å². The quantitative estimate of drug-likeness (QED) is 0.161. The molecule has 0 saturated carbocycles. The lowest BCUT2D eigenvalue weighted by Gasteiger charge is -2.36. The molecular weight excluding hydrogens is 510 g/mol. The third kappa shape index (κ3) is 2.53. The molecule has 42 heavy (non-hydrogen) atoms. The zero-order chi connectivity index (χ0) is 27.9. The standard InChI is InChI=1S/C40H27NO/c1-40(2)30-15-8-14-29-36(30)38-35-27(26-11-6-9-22-17-20-31(40)37(38)34(22)26)12-7-13-28(35)39(29)41(3)23-18-19-25-24-10-4-5-16-32(24)42-33(25)21-23/h4-21H,1-3H3. The highest BCUT2D eigenvalue weighted by Gasteiger charge is 2.35. The summed E-state index contributed by atoms with van der Waals surface area (Å²) < 4.78 is 6.32. The number of benzene rings is 8. The fourth-order valence-corrected chi connectivity index (χ4v) is 8.25. The minimum atomic E-state index is -0.119. The van der Waals surface area contributed by atoms with E-state index >= 15 is 0 Å². The average molecular weight is 538 g/mol. The molecule has 0 N–H and O–H groups in total. The Kier molecular flexibility index (Phi) is 3.98. The summed E-state index contributed by atoms with van der Waals surface area (Å²) in [6, 6.07) is 40.3. The summed E-state index contributed by atoms with van der Waals surface area (Å²) in [5, 5.41) is 15.9. The number of hydrogen-bond donors (Lipinski definition) is 0. The minimum Gasteiger partial charge on any atom is -0.456 e. The second-order valence-electron chi connectivity index (χ2n) is 12.5. The van der Waals surface area contributed by atoms with Gasteiger partial charge < -0.3 is 9.32 Å². The van der Waals surface area contributed by atoms with Crippen LogP contribution in [0.3, 0.4) is 0 Å². The van der Waals surface area contributed by atoms with Gasteiger partial charge in [-0.25, -0.2) is 0 Å². The van der Waals surface area contributed by atoms with Crippen molar-refractivity contribution < 1.29 is 4.42 Å². The zero-order valence-electron chi connectivity index (χ0n) is 23.7. The number of anilines is 2. The zero-order valence-corrected chi connectivity index (χ0v) is 23.7. The van der Waals surface area contributed by atoms with Crippen molar-refractivity contribution in [2.45, 2.75) is 19.3 Å². The van der Waals surface area contributed by atoms with Crippen LogP contribution in [-0.4, -0.2) is 7.05 Å². The van der Waals surface area contributed by atoms with Gasteiger partial charge in [0, 0.05) is 51.1 Å². The van der Waals surface area contributed by atoms with Crippen LogP contribution in [0.5, 0.6) is 0 Å². The number of para-hydroxylation sites is 1. The van der Waals surface area contributed by atoms with Crippen LogP contribution in [0.4, 0.5) is 11.4 Å². The molecule has 1 aromatic heterocycles. The maximum atomic E-state index is 6.32. The maximum absolute atomic E-state index is 6.32. The molecule has 0 bridgehead atoms. The van der Waals surface area contributed by atoms with Gasteiger partial charge in [-0.05, 0) is 67.0 Å². The summed E-state index contributed by atoms with van der Waals surface area (Å²) >= 11 is 0. The van der Waals surface area contributed by atoms with Gasteiger partial charge in [0.15, 0.2) is 0 Å². The van der Waals surface area contributed by atoms with Crippen LogP contribution in [0, 0.1) is 0 Å². The summed E-state index contributed by atoms with van der Waals surface area (Å²) in [4.78, 5) is 2.37. The Balaban J connectivity index is 1.39. The molecule has 9 aromatic rings. The first-order valence-electron chi connectivity index (χ1n) is 14.8. The van der Waals surface area contributed by atoms with Gasteiger partial charge >= 0.3 is 0 Å². The predicted molar refractivity (Wildman–Crippen MR) is 179 cm³/mol. The van der Waals surface area contributed by atoms with Gasteiger partial charge in [-0.3, -0.25) is 0 Å². The summed E-state index contributed by atoms with van der Waals surface area (Å²) in [6.07, 6.45) is 0. The van der Waals surface area contributed by atoms with E-state index < -0.39 is 0 Å². The van der Waals surface area contributed by atoms with Crippen LogP contribution in [-0.2, 0) is 5.41 Å². The monoisotopic (exact) mass is 537 g/mol. The largest absolute Gasteiger partial charge is 0.456 e. The Morgan fingerprint density at radius 1 is 0.500 bits per heavy atom. The molecular formula is C40H27NO. The normalized spacial score (nSPS) is 14.3. The molecule has 0 spiro atoms. The first-order valence-corrected chi connectivity index (χ1v) is 14.8. The first kappa shape index (κ1) is 22.6. The maximum Gasteiger partial charge on any atom is 0.137 e. The molecule has 0 fully saturated rings. The summed E-state index contributed by atoms with van der Waals surface area (Å²) in [5.74, 6) is 0. The molecule has 0 radical (unpaired) electrons. The van der Waals surface area contributed by atoms with Gasteiger partial charge in [-0.1, -0.05) is 98.8 Å². The van der Waals surface area contributed by atoms with Crippen LogP contribution in [0.2, 0.25) is 0 Å². The molecule has 1 aliphatic carbocycles. The van der Waals surface area contributed by atoms with E-state index in [-0.39, 0.29) is 5.41 Å². The molecule has 0 unspecified atom stereocenters. The Bertz CT molecular complexity index is 2620. The molecule has 8 aromatic carbocycles. The van der Waals surface area contributed by atoms with Gasteiger partial charge in [-0.2, -0.15) is 0 Å². The van der Waals surface area contributed by atoms with E-state index in [0.29, 0.717) is 0 Å². The van der Waals surface area contributed by atoms with Gasteiger partial charge in [0.25, 0.3) is 0 Å². The van der Waals surface area contributed by atoms with E-state index in [1.807, 2.05) is 12.1 Å².